The van der Waals surface area contributed by atoms with E-state index in [4.69, 9.17) is 0 Å². The Morgan fingerprint density at radius 1 is 1.05 bits per heavy atom. The van der Waals surface area contributed by atoms with Crippen LogP contribution in [0.5, 0.6) is 0 Å². The molecular formula is C19H25N3. The van der Waals surface area contributed by atoms with Gasteiger partial charge in [0, 0.05) is 44.5 Å². The van der Waals surface area contributed by atoms with Crippen LogP contribution in [0.4, 0.5) is 0 Å². The second-order valence-electron chi connectivity index (χ2n) is 6.31. The minimum Gasteiger partial charge on any atom is -0.314 e. The van der Waals surface area contributed by atoms with Gasteiger partial charge in [-0.05, 0) is 67.3 Å². The monoisotopic (exact) mass is 295 g/mol. The third-order valence-corrected chi connectivity index (χ3v) is 4.66. The summed E-state index contributed by atoms with van der Waals surface area (Å²) >= 11 is 0. The molecule has 2 heterocycles. The number of benzene rings is 1. The summed E-state index contributed by atoms with van der Waals surface area (Å²) in [5.74, 6) is 0. The van der Waals surface area contributed by atoms with Crippen molar-refractivity contribution in [2.24, 2.45) is 0 Å². The van der Waals surface area contributed by atoms with Crippen molar-refractivity contribution in [1.29, 1.82) is 0 Å². The highest BCUT2D eigenvalue weighted by atomic mass is 15.2. The van der Waals surface area contributed by atoms with E-state index in [1.165, 1.54) is 27.8 Å². The van der Waals surface area contributed by atoms with Crippen molar-refractivity contribution in [3.63, 3.8) is 0 Å². The Kier molecular flexibility index (Phi) is 4.55. The van der Waals surface area contributed by atoms with Crippen LogP contribution in [-0.2, 0) is 6.54 Å². The van der Waals surface area contributed by atoms with Gasteiger partial charge in [-0.25, -0.2) is 0 Å². The highest BCUT2D eigenvalue weighted by molar-refractivity contribution is 5.63. The number of nitrogens with zero attached hydrogens (tertiary/aromatic N) is 2. The van der Waals surface area contributed by atoms with Gasteiger partial charge in [-0.1, -0.05) is 0 Å². The lowest BCUT2D eigenvalue weighted by Crippen LogP contribution is -2.42. The quantitative estimate of drug-likeness (QED) is 0.943. The molecule has 116 valence electrons. The Morgan fingerprint density at radius 2 is 1.73 bits per heavy atom. The number of rotatable bonds is 3. The molecule has 0 unspecified atom stereocenters. The van der Waals surface area contributed by atoms with Gasteiger partial charge in [-0.15, -0.1) is 0 Å². The normalized spacial score (nSPS) is 16.0. The van der Waals surface area contributed by atoms with E-state index >= 15 is 0 Å². The molecule has 1 aromatic carbocycles. The third kappa shape index (κ3) is 3.37. The number of aryl methyl sites for hydroxylation is 2. The van der Waals surface area contributed by atoms with Crippen molar-refractivity contribution >= 4 is 0 Å². The molecule has 0 bridgehead atoms. The van der Waals surface area contributed by atoms with E-state index in [1.54, 1.807) is 0 Å². The molecular weight excluding hydrogens is 270 g/mol. The lowest BCUT2D eigenvalue weighted by atomic mass is 9.98. The fourth-order valence-electron chi connectivity index (χ4n) is 3.04. The highest BCUT2D eigenvalue weighted by Gasteiger charge is 2.11. The van der Waals surface area contributed by atoms with E-state index in [1.807, 2.05) is 6.20 Å². The van der Waals surface area contributed by atoms with E-state index in [-0.39, 0.29) is 0 Å². The minimum atomic E-state index is 1.01. The summed E-state index contributed by atoms with van der Waals surface area (Å²) in [5, 5.41) is 3.40. The summed E-state index contributed by atoms with van der Waals surface area (Å²) in [6.07, 6.45) is 1.94. The van der Waals surface area contributed by atoms with E-state index in [0.29, 0.717) is 0 Å². The maximum atomic E-state index is 4.58. The van der Waals surface area contributed by atoms with Crippen LogP contribution in [0.1, 0.15) is 22.3 Å². The van der Waals surface area contributed by atoms with Crippen LogP contribution >= 0.6 is 0 Å². The van der Waals surface area contributed by atoms with Crippen molar-refractivity contribution < 1.29 is 0 Å². The number of aromatic nitrogens is 1. The first-order valence-electron chi connectivity index (χ1n) is 8.10. The Bertz CT molecular complexity index is 634. The van der Waals surface area contributed by atoms with E-state index in [0.717, 1.165) is 38.4 Å². The zero-order valence-electron chi connectivity index (χ0n) is 13.8. The predicted octanol–water partition coefficient (Wildman–Crippen LogP) is 3.08. The molecule has 1 N–H and O–H groups in total. The first kappa shape index (κ1) is 15.2. The molecule has 3 nitrogen and oxygen atoms in total. The van der Waals surface area contributed by atoms with Gasteiger partial charge in [0.25, 0.3) is 0 Å². The molecule has 0 saturated carbocycles. The van der Waals surface area contributed by atoms with E-state index < -0.39 is 0 Å². The number of pyridine rings is 1. The van der Waals surface area contributed by atoms with Crippen LogP contribution in [0.2, 0.25) is 0 Å². The molecule has 22 heavy (non-hydrogen) atoms. The lowest BCUT2D eigenvalue weighted by molar-refractivity contribution is 0.233. The van der Waals surface area contributed by atoms with E-state index in [9.17, 15) is 0 Å². The standard InChI is InChI=1S/C19H25N3/c1-14-10-18(11-15(2)16(14)3)19-12-17(4-5-21-19)13-22-8-6-20-7-9-22/h4-5,10-12,20H,6-9,13H2,1-3H3. The van der Waals surface area contributed by atoms with Gasteiger partial charge in [-0.2, -0.15) is 0 Å². The van der Waals surface area contributed by atoms with E-state index in [2.05, 4.69) is 60.2 Å². The smallest absolute Gasteiger partial charge is 0.0705 e. The lowest BCUT2D eigenvalue weighted by Gasteiger charge is -2.27. The fraction of sp³-hybridized carbons (Fsp3) is 0.421. The Balaban J connectivity index is 1.84. The molecule has 0 aliphatic carbocycles. The van der Waals surface area contributed by atoms with Crippen LogP contribution in [0.15, 0.2) is 30.5 Å². The molecule has 2 aromatic rings. The first-order valence-corrected chi connectivity index (χ1v) is 8.10. The molecule has 0 spiro atoms. The van der Waals surface area contributed by atoms with Crippen LogP contribution < -0.4 is 5.32 Å². The maximum Gasteiger partial charge on any atom is 0.0705 e. The molecule has 3 heteroatoms. The second kappa shape index (κ2) is 6.59. The molecule has 1 aliphatic rings. The highest BCUT2D eigenvalue weighted by Crippen LogP contribution is 2.24. The SMILES string of the molecule is Cc1cc(-c2cc(CN3CCNCC3)ccn2)cc(C)c1C. The zero-order valence-corrected chi connectivity index (χ0v) is 13.8. The summed E-state index contributed by atoms with van der Waals surface area (Å²) in [6.45, 7) is 12.0. The predicted molar refractivity (Wildman–Crippen MR) is 92.0 cm³/mol. The number of piperazine rings is 1. The van der Waals surface area contributed by atoms with Crippen LogP contribution in [0.25, 0.3) is 11.3 Å². The molecule has 0 amide bonds. The van der Waals surface area contributed by atoms with Gasteiger partial charge in [0.05, 0.1) is 5.69 Å². The van der Waals surface area contributed by atoms with Crippen LogP contribution in [0, 0.1) is 20.8 Å². The topological polar surface area (TPSA) is 28.2 Å². The van der Waals surface area contributed by atoms with Gasteiger partial charge in [0.1, 0.15) is 0 Å². The molecule has 0 atom stereocenters. The average molecular weight is 295 g/mol. The fourth-order valence-corrected chi connectivity index (χ4v) is 3.04. The molecule has 0 radical (unpaired) electrons. The first-order chi connectivity index (χ1) is 10.6. The van der Waals surface area contributed by atoms with Crippen molar-refractivity contribution in [1.82, 2.24) is 15.2 Å². The summed E-state index contributed by atoms with van der Waals surface area (Å²) in [5.41, 5.74) is 7.71. The van der Waals surface area contributed by atoms with Gasteiger partial charge < -0.3 is 5.32 Å². The van der Waals surface area contributed by atoms with Gasteiger partial charge in [-0.3, -0.25) is 9.88 Å². The minimum absolute atomic E-state index is 1.01. The number of hydrogen-bond acceptors (Lipinski definition) is 3. The molecule has 1 aliphatic heterocycles. The third-order valence-electron chi connectivity index (χ3n) is 4.66. The maximum absolute atomic E-state index is 4.58. The molecule has 1 saturated heterocycles. The molecule has 3 rings (SSSR count). The summed E-state index contributed by atoms with van der Waals surface area (Å²) in [4.78, 5) is 7.08. The summed E-state index contributed by atoms with van der Waals surface area (Å²) in [7, 11) is 0. The van der Waals surface area contributed by atoms with Gasteiger partial charge in [0.2, 0.25) is 0 Å². The van der Waals surface area contributed by atoms with Crippen molar-refractivity contribution in [3.05, 3.63) is 52.7 Å². The summed E-state index contributed by atoms with van der Waals surface area (Å²) in [6, 6.07) is 8.88. The van der Waals surface area contributed by atoms with Gasteiger partial charge >= 0.3 is 0 Å². The molecule has 1 fully saturated rings. The van der Waals surface area contributed by atoms with Crippen LogP contribution in [0.3, 0.4) is 0 Å². The second-order valence-corrected chi connectivity index (χ2v) is 6.31. The van der Waals surface area contributed by atoms with Crippen molar-refractivity contribution in [3.8, 4) is 11.3 Å². The Morgan fingerprint density at radius 3 is 2.41 bits per heavy atom. The van der Waals surface area contributed by atoms with Crippen molar-refractivity contribution in [2.75, 3.05) is 26.2 Å². The number of hydrogen-bond donors (Lipinski definition) is 1. The summed E-state index contributed by atoms with van der Waals surface area (Å²) < 4.78 is 0. The number of nitrogens with one attached hydrogen (secondary N) is 1. The Hall–Kier alpha value is -1.71. The van der Waals surface area contributed by atoms with Gasteiger partial charge in [0.15, 0.2) is 0 Å². The van der Waals surface area contributed by atoms with Crippen LogP contribution in [-0.4, -0.2) is 36.1 Å². The average Bonchev–Trinajstić information content (AvgIpc) is 2.53. The largest absolute Gasteiger partial charge is 0.314 e. The molecule has 1 aromatic heterocycles. The Labute approximate surface area is 133 Å². The van der Waals surface area contributed by atoms with Crippen molar-refractivity contribution in [2.45, 2.75) is 27.3 Å². The zero-order chi connectivity index (χ0) is 15.5.